The highest BCUT2D eigenvalue weighted by atomic mass is 35.5. The summed E-state index contributed by atoms with van der Waals surface area (Å²) in [7, 11) is 0. The summed E-state index contributed by atoms with van der Waals surface area (Å²) in [6.45, 7) is 0.263. The second-order valence-corrected chi connectivity index (χ2v) is 6.54. The standard InChI is InChI=1S/C18H12ClFN2OS/c1-2-9-22-15-8-7-14(20)11-16(15)24-18(22)21-17(23)10-12-3-5-13(19)6-4-12/h1,3-8,11H,9-10H2. The third kappa shape index (κ3) is 3.56. The molecule has 0 N–H and O–H groups in total. The molecule has 0 unspecified atom stereocenters. The molecule has 120 valence electrons. The van der Waals surface area contributed by atoms with Crippen LogP contribution >= 0.6 is 22.9 Å². The van der Waals surface area contributed by atoms with E-state index in [1.165, 1.54) is 23.5 Å². The van der Waals surface area contributed by atoms with Crippen LogP contribution in [0, 0.1) is 18.2 Å². The van der Waals surface area contributed by atoms with Gasteiger partial charge in [-0.15, -0.1) is 6.42 Å². The van der Waals surface area contributed by atoms with Gasteiger partial charge in [0.15, 0.2) is 4.80 Å². The molecule has 0 atom stereocenters. The minimum absolute atomic E-state index is 0.163. The minimum atomic E-state index is -0.337. The van der Waals surface area contributed by atoms with Crippen LogP contribution in [0.2, 0.25) is 5.02 Å². The van der Waals surface area contributed by atoms with E-state index in [9.17, 15) is 9.18 Å². The van der Waals surface area contributed by atoms with Crippen molar-refractivity contribution in [3.05, 3.63) is 63.7 Å². The van der Waals surface area contributed by atoms with Crippen molar-refractivity contribution in [2.45, 2.75) is 13.0 Å². The maximum atomic E-state index is 13.4. The highest BCUT2D eigenvalue weighted by Gasteiger charge is 2.09. The van der Waals surface area contributed by atoms with Crippen LogP contribution in [0.4, 0.5) is 4.39 Å². The van der Waals surface area contributed by atoms with E-state index in [1.807, 2.05) is 0 Å². The van der Waals surface area contributed by atoms with Crippen molar-refractivity contribution >= 4 is 39.1 Å². The first-order valence-corrected chi connectivity index (χ1v) is 8.30. The molecule has 1 amide bonds. The highest BCUT2D eigenvalue weighted by Crippen LogP contribution is 2.18. The molecule has 0 aliphatic carbocycles. The predicted octanol–water partition coefficient (Wildman–Crippen LogP) is 3.80. The molecule has 0 bridgehead atoms. The van der Waals surface area contributed by atoms with Gasteiger partial charge in [0.05, 0.1) is 23.2 Å². The zero-order chi connectivity index (χ0) is 17.1. The Balaban J connectivity index is 1.99. The lowest BCUT2D eigenvalue weighted by Crippen LogP contribution is -2.17. The number of thiazole rings is 1. The van der Waals surface area contributed by atoms with Crippen molar-refractivity contribution in [2.75, 3.05) is 0 Å². The first-order valence-electron chi connectivity index (χ1n) is 7.11. The number of nitrogens with zero attached hydrogens (tertiary/aromatic N) is 2. The molecule has 3 aromatic rings. The molecule has 3 nitrogen and oxygen atoms in total. The average Bonchev–Trinajstić information content (AvgIpc) is 2.86. The molecule has 0 fully saturated rings. The lowest BCUT2D eigenvalue weighted by atomic mass is 10.1. The quantitative estimate of drug-likeness (QED) is 0.656. The van der Waals surface area contributed by atoms with Crippen molar-refractivity contribution in [3.8, 4) is 12.3 Å². The Morgan fingerprint density at radius 2 is 2.04 bits per heavy atom. The number of benzene rings is 2. The number of terminal acetylenes is 1. The zero-order valence-electron chi connectivity index (χ0n) is 12.5. The molecule has 24 heavy (non-hydrogen) atoms. The summed E-state index contributed by atoms with van der Waals surface area (Å²) < 4.78 is 15.8. The number of fused-ring (bicyclic) bond motifs is 1. The SMILES string of the molecule is C#CCn1c(=NC(=O)Cc2ccc(Cl)cc2)sc2cc(F)ccc21. The molecule has 0 aliphatic rings. The monoisotopic (exact) mass is 358 g/mol. The molecule has 3 rings (SSSR count). The summed E-state index contributed by atoms with van der Waals surface area (Å²) in [5.74, 6) is 1.90. The van der Waals surface area contributed by atoms with Crippen molar-refractivity contribution in [1.82, 2.24) is 4.57 Å². The van der Waals surface area contributed by atoms with E-state index in [-0.39, 0.29) is 24.7 Å². The molecule has 0 spiro atoms. The molecular weight excluding hydrogens is 347 g/mol. The summed E-state index contributed by atoms with van der Waals surface area (Å²) in [4.78, 5) is 16.9. The van der Waals surface area contributed by atoms with E-state index in [2.05, 4.69) is 10.9 Å². The number of aromatic nitrogens is 1. The lowest BCUT2D eigenvalue weighted by Gasteiger charge is -2.00. The van der Waals surface area contributed by atoms with Gasteiger partial charge in [0.1, 0.15) is 5.82 Å². The van der Waals surface area contributed by atoms with E-state index >= 15 is 0 Å². The Morgan fingerprint density at radius 3 is 2.75 bits per heavy atom. The fraction of sp³-hybridized carbons (Fsp3) is 0.111. The van der Waals surface area contributed by atoms with Gasteiger partial charge in [0.2, 0.25) is 0 Å². The van der Waals surface area contributed by atoms with Crippen LogP contribution in [0.3, 0.4) is 0 Å². The largest absolute Gasteiger partial charge is 0.305 e. The van der Waals surface area contributed by atoms with Gasteiger partial charge in [-0.05, 0) is 35.9 Å². The maximum Gasteiger partial charge on any atom is 0.252 e. The first-order chi connectivity index (χ1) is 11.6. The Labute approximate surface area is 147 Å². The smallest absolute Gasteiger partial charge is 0.252 e. The summed E-state index contributed by atoms with van der Waals surface area (Å²) in [5.41, 5.74) is 1.58. The van der Waals surface area contributed by atoms with Gasteiger partial charge < -0.3 is 4.57 Å². The Morgan fingerprint density at radius 1 is 1.29 bits per heavy atom. The van der Waals surface area contributed by atoms with Gasteiger partial charge in [-0.25, -0.2) is 4.39 Å². The average molecular weight is 359 g/mol. The molecular formula is C18H12ClFN2OS. The second-order valence-electron chi connectivity index (χ2n) is 5.10. The van der Waals surface area contributed by atoms with Crippen LogP contribution in [-0.2, 0) is 17.8 Å². The van der Waals surface area contributed by atoms with E-state index in [0.29, 0.717) is 14.5 Å². The number of carbonyl (C=O) groups is 1. The van der Waals surface area contributed by atoms with Gasteiger partial charge in [0, 0.05) is 5.02 Å². The van der Waals surface area contributed by atoms with Crippen LogP contribution in [0.5, 0.6) is 0 Å². The van der Waals surface area contributed by atoms with Crippen LogP contribution < -0.4 is 4.80 Å². The number of halogens is 2. The number of amides is 1. The molecule has 0 saturated carbocycles. The van der Waals surface area contributed by atoms with Gasteiger partial charge >= 0.3 is 0 Å². The van der Waals surface area contributed by atoms with Gasteiger partial charge in [-0.1, -0.05) is 41.0 Å². The third-order valence-corrected chi connectivity index (χ3v) is 4.68. The summed E-state index contributed by atoms with van der Waals surface area (Å²) >= 11 is 7.07. The molecule has 0 saturated heterocycles. The number of hydrogen-bond donors (Lipinski definition) is 0. The van der Waals surface area contributed by atoms with Crippen molar-refractivity contribution in [2.24, 2.45) is 4.99 Å². The molecule has 2 aromatic carbocycles. The topological polar surface area (TPSA) is 34.4 Å². The zero-order valence-corrected chi connectivity index (χ0v) is 14.1. The van der Waals surface area contributed by atoms with E-state index in [1.54, 1.807) is 34.9 Å². The second kappa shape index (κ2) is 7.00. The fourth-order valence-electron chi connectivity index (χ4n) is 2.30. The lowest BCUT2D eigenvalue weighted by molar-refractivity contribution is -0.117. The number of rotatable bonds is 3. The number of hydrogen-bond acceptors (Lipinski definition) is 2. The van der Waals surface area contributed by atoms with E-state index < -0.39 is 0 Å². The van der Waals surface area contributed by atoms with Crippen LogP contribution in [0.25, 0.3) is 10.2 Å². The van der Waals surface area contributed by atoms with Crippen LogP contribution in [0.15, 0.2) is 47.5 Å². The third-order valence-electron chi connectivity index (χ3n) is 3.38. The Bertz CT molecular complexity index is 1010. The fourth-order valence-corrected chi connectivity index (χ4v) is 3.50. The van der Waals surface area contributed by atoms with Gasteiger partial charge in [-0.3, -0.25) is 4.79 Å². The maximum absolute atomic E-state index is 13.4. The molecule has 0 aliphatic heterocycles. The summed E-state index contributed by atoms with van der Waals surface area (Å²) in [6.07, 6.45) is 5.56. The molecule has 1 heterocycles. The highest BCUT2D eigenvalue weighted by molar-refractivity contribution is 7.16. The summed E-state index contributed by atoms with van der Waals surface area (Å²) in [5, 5.41) is 0.613. The minimum Gasteiger partial charge on any atom is -0.305 e. The van der Waals surface area contributed by atoms with Crippen LogP contribution in [0.1, 0.15) is 5.56 Å². The summed E-state index contributed by atoms with van der Waals surface area (Å²) in [6, 6.07) is 11.4. The molecule has 1 aromatic heterocycles. The molecule has 0 radical (unpaired) electrons. The number of carbonyl (C=O) groups excluding carboxylic acids is 1. The van der Waals surface area contributed by atoms with Crippen molar-refractivity contribution in [3.63, 3.8) is 0 Å². The van der Waals surface area contributed by atoms with E-state index in [0.717, 1.165) is 11.1 Å². The Kier molecular flexibility index (Phi) is 4.79. The van der Waals surface area contributed by atoms with Gasteiger partial charge in [-0.2, -0.15) is 4.99 Å². The Hall–Kier alpha value is -2.42. The van der Waals surface area contributed by atoms with Gasteiger partial charge in [0.25, 0.3) is 5.91 Å². The van der Waals surface area contributed by atoms with Crippen LogP contribution in [-0.4, -0.2) is 10.5 Å². The van der Waals surface area contributed by atoms with E-state index in [4.69, 9.17) is 18.0 Å². The normalized spacial score (nSPS) is 11.6. The first kappa shape index (κ1) is 16.4. The predicted molar refractivity (Wildman–Crippen MR) is 94.3 cm³/mol. The van der Waals surface area contributed by atoms with Crippen molar-refractivity contribution in [1.29, 1.82) is 0 Å². The van der Waals surface area contributed by atoms with Crippen molar-refractivity contribution < 1.29 is 9.18 Å². The molecule has 6 heteroatoms.